The molecule has 0 aromatic heterocycles. The van der Waals surface area contributed by atoms with Crippen LogP contribution < -0.4 is 20.3 Å². The number of ether oxygens (including phenoxy) is 2. The van der Waals surface area contributed by atoms with Gasteiger partial charge in [0.15, 0.2) is 6.61 Å². The molecule has 2 aliphatic rings. The summed E-state index contributed by atoms with van der Waals surface area (Å²) in [5.74, 6) is -0.404. The van der Waals surface area contributed by atoms with Crippen molar-refractivity contribution < 1.29 is 23.9 Å². The fourth-order valence-electron chi connectivity index (χ4n) is 4.10. The zero-order chi connectivity index (χ0) is 24.1. The minimum absolute atomic E-state index is 0.0706. The zero-order valence-corrected chi connectivity index (χ0v) is 19.8. The van der Waals surface area contributed by atoms with Crippen LogP contribution in [0.1, 0.15) is 24.8 Å². The van der Waals surface area contributed by atoms with Crippen LogP contribution >= 0.6 is 11.6 Å². The van der Waals surface area contributed by atoms with Crippen LogP contribution in [0.2, 0.25) is 5.02 Å². The van der Waals surface area contributed by atoms with Gasteiger partial charge in [-0.2, -0.15) is 0 Å². The van der Waals surface area contributed by atoms with E-state index in [-0.39, 0.29) is 42.8 Å². The number of hydrogen-bond acceptors (Lipinski definition) is 5. The van der Waals surface area contributed by atoms with Crippen molar-refractivity contribution in [2.75, 3.05) is 36.5 Å². The van der Waals surface area contributed by atoms with Crippen molar-refractivity contribution in [1.29, 1.82) is 0 Å². The van der Waals surface area contributed by atoms with Gasteiger partial charge in [-0.1, -0.05) is 17.7 Å². The van der Waals surface area contributed by atoms with E-state index in [1.54, 1.807) is 47.4 Å². The number of amides is 3. The lowest BCUT2D eigenvalue weighted by molar-refractivity contribution is -0.126. The van der Waals surface area contributed by atoms with Gasteiger partial charge >= 0.3 is 0 Å². The highest BCUT2D eigenvalue weighted by atomic mass is 35.5. The molecule has 8 nitrogen and oxygen atoms in total. The number of rotatable bonds is 8. The molecule has 2 heterocycles. The van der Waals surface area contributed by atoms with Crippen LogP contribution in [0.5, 0.6) is 5.75 Å². The van der Waals surface area contributed by atoms with Crippen molar-refractivity contribution in [2.45, 2.75) is 32.3 Å². The number of carbonyl (C=O) groups is 3. The third-order valence-electron chi connectivity index (χ3n) is 6.08. The van der Waals surface area contributed by atoms with E-state index in [4.69, 9.17) is 21.1 Å². The largest absolute Gasteiger partial charge is 0.484 e. The van der Waals surface area contributed by atoms with Gasteiger partial charge in [-0.25, -0.2) is 0 Å². The maximum atomic E-state index is 12.5. The van der Waals surface area contributed by atoms with Gasteiger partial charge in [0, 0.05) is 42.5 Å². The van der Waals surface area contributed by atoms with Crippen molar-refractivity contribution in [3.8, 4) is 5.75 Å². The molecule has 4 rings (SSSR count). The molecule has 0 radical (unpaired) electrons. The zero-order valence-electron chi connectivity index (χ0n) is 19.0. The fourth-order valence-corrected chi connectivity index (χ4v) is 4.27. The first kappa shape index (κ1) is 24.0. The van der Waals surface area contributed by atoms with Crippen molar-refractivity contribution in [1.82, 2.24) is 5.32 Å². The Bertz CT molecular complexity index is 1050. The number of nitrogens with one attached hydrogen (secondary N) is 2. The Kier molecular flexibility index (Phi) is 7.70. The van der Waals surface area contributed by atoms with Gasteiger partial charge in [-0.05, 0) is 61.7 Å². The average molecular weight is 486 g/mol. The summed E-state index contributed by atoms with van der Waals surface area (Å²) < 4.78 is 11.1. The summed E-state index contributed by atoms with van der Waals surface area (Å²) in [6, 6.07) is 12.2. The maximum absolute atomic E-state index is 12.5. The van der Waals surface area contributed by atoms with Crippen LogP contribution in [-0.2, 0) is 19.1 Å². The molecular formula is C25H28ClN3O5. The molecular weight excluding hydrogens is 458 g/mol. The van der Waals surface area contributed by atoms with Crippen LogP contribution in [0.25, 0.3) is 0 Å². The number of anilines is 2. The van der Waals surface area contributed by atoms with Crippen molar-refractivity contribution in [3.63, 3.8) is 0 Å². The normalized spacial score (nSPS) is 19.8. The Morgan fingerprint density at radius 1 is 1.21 bits per heavy atom. The van der Waals surface area contributed by atoms with Gasteiger partial charge in [0.1, 0.15) is 5.75 Å². The van der Waals surface area contributed by atoms with E-state index < -0.39 is 0 Å². The molecule has 0 aliphatic carbocycles. The number of benzene rings is 2. The Labute approximate surface area is 203 Å². The highest BCUT2D eigenvalue weighted by Gasteiger charge is 2.35. The van der Waals surface area contributed by atoms with E-state index >= 15 is 0 Å². The molecule has 9 heteroatoms. The van der Waals surface area contributed by atoms with Crippen LogP contribution in [0.4, 0.5) is 11.4 Å². The highest BCUT2D eigenvalue weighted by molar-refractivity contribution is 6.31. The summed E-state index contributed by atoms with van der Waals surface area (Å²) in [6.45, 7) is 3.22. The molecule has 0 bridgehead atoms. The second kappa shape index (κ2) is 10.9. The third kappa shape index (κ3) is 5.87. The highest BCUT2D eigenvalue weighted by Crippen LogP contribution is 2.27. The van der Waals surface area contributed by atoms with Crippen LogP contribution in [0.3, 0.4) is 0 Å². The molecule has 3 amide bonds. The Morgan fingerprint density at radius 2 is 2.00 bits per heavy atom. The lowest BCUT2D eigenvalue weighted by Crippen LogP contribution is -2.37. The summed E-state index contributed by atoms with van der Waals surface area (Å²) in [5.41, 5.74) is 2.11. The van der Waals surface area contributed by atoms with E-state index in [0.717, 1.165) is 25.0 Å². The molecule has 2 saturated heterocycles. The summed E-state index contributed by atoms with van der Waals surface area (Å²) in [5, 5.41) is 6.27. The van der Waals surface area contributed by atoms with Gasteiger partial charge in [0.2, 0.25) is 11.8 Å². The van der Waals surface area contributed by atoms with E-state index in [1.807, 2.05) is 6.92 Å². The second-order valence-electron chi connectivity index (χ2n) is 8.53. The molecule has 2 aromatic carbocycles. The van der Waals surface area contributed by atoms with E-state index in [0.29, 0.717) is 35.2 Å². The van der Waals surface area contributed by atoms with Gasteiger partial charge in [-0.15, -0.1) is 0 Å². The molecule has 2 fully saturated rings. The molecule has 2 N–H and O–H groups in total. The van der Waals surface area contributed by atoms with Crippen LogP contribution in [-0.4, -0.2) is 50.1 Å². The first-order valence-corrected chi connectivity index (χ1v) is 11.8. The first-order chi connectivity index (χ1) is 16.4. The van der Waals surface area contributed by atoms with Crippen molar-refractivity contribution >= 4 is 40.7 Å². The van der Waals surface area contributed by atoms with Crippen LogP contribution in [0, 0.1) is 12.8 Å². The molecule has 0 saturated carbocycles. The molecule has 180 valence electrons. The number of halogens is 1. The topological polar surface area (TPSA) is 97.0 Å². The van der Waals surface area contributed by atoms with Crippen molar-refractivity contribution in [2.24, 2.45) is 5.92 Å². The van der Waals surface area contributed by atoms with E-state index in [9.17, 15) is 14.4 Å². The Hall–Kier alpha value is -3.10. The SMILES string of the molecule is Cc1c(Cl)cccc1NC(=O)COc1ccc(N2C[C@@H](C(=O)NC[C@H]3CCCO3)CC2=O)cc1. The standard InChI is InChI=1S/C25H28ClN3O5/c1-16-21(26)5-2-6-22(16)28-23(30)15-34-19-9-7-18(8-10-19)29-14-17(12-24(29)31)25(32)27-13-20-4-3-11-33-20/h2,5-10,17,20H,3-4,11-15H2,1H3,(H,27,32)(H,28,30)/t17-,20+/m0/s1. The average Bonchev–Trinajstić information content (AvgIpc) is 3.49. The summed E-state index contributed by atoms with van der Waals surface area (Å²) in [4.78, 5) is 38.8. The molecule has 34 heavy (non-hydrogen) atoms. The van der Waals surface area contributed by atoms with Gasteiger partial charge < -0.3 is 25.0 Å². The predicted octanol–water partition coefficient (Wildman–Crippen LogP) is 3.31. The number of nitrogens with zero attached hydrogens (tertiary/aromatic N) is 1. The summed E-state index contributed by atoms with van der Waals surface area (Å²) in [7, 11) is 0. The molecule has 0 unspecified atom stereocenters. The quantitative estimate of drug-likeness (QED) is 0.598. The first-order valence-electron chi connectivity index (χ1n) is 11.4. The van der Waals surface area contributed by atoms with Gasteiger partial charge in [0.25, 0.3) is 5.91 Å². The number of hydrogen-bond donors (Lipinski definition) is 2. The fraction of sp³-hybridized carbons (Fsp3) is 0.400. The maximum Gasteiger partial charge on any atom is 0.262 e. The van der Waals surface area contributed by atoms with Crippen molar-refractivity contribution in [3.05, 3.63) is 53.1 Å². The summed E-state index contributed by atoms with van der Waals surface area (Å²) in [6.07, 6.45) is 2.22. The van der Waals surface area contributed by atoms with Crippen LogP contribution in [0.15, 0.2) is 42.5 Å². The Balaban J connectivity index is 1.26. The molecule has 2 aromatic rings. The smallest absolute Gasteiger partial charge is 0.262 e. The van der Waals surface area contributed by atoms with Gasteiger partial charge in [-0.3, -0.25) is 14.4 Å². The van der Waals surface area contributed by atoms with E-state index in [1.165, 1.54) is 0 Å². The third-order valence-corrected chi connectivity index (χ3v) is 6.49. The Morgan fingerprint density at radius 3 is 2.74 bits per heavy atom. The predicted molar refractivity (Wildman–Crippen MR) is 129 cm³/mol. The second-order valence-corrected chi connectivity index (χ2v) is 8.94. The monoisotopic (exact) mass is 485 g/mol. The minimum Gasteiger partial charge on any atom is -0.484 e. The lowest BCUT2D eigenvalue weighted by Gasteiger charge is -2.18. The molecule has 2 atom stereocenters. The summed E-state index contributed by atoms with van der Waals surface area (Å²) >= 11 is 6.08. The number of carbonyl (C=O) groups excluding carboxylic acids is 3. The minimum atomic E-state index is -0.386. The molecule has 0 spiro atoms. The lowest BCUT2D eigenvalue weighted by atomic mass is 10.1. The molecule has 2 aliphatic heterocycles. The van der Waals surface area contributed by atoms with E-state index in [2.05, 4.69) is 10.6 Å². The van der Waals surface area contributed by atoms with Gasteiger partial charge in [0.05, 0.1) is 12.0 Å².